The van der Waals surface area contributed by atoms with E-state index < -0.39 is 10.0 Å². The predicted octanol–water partition coefficient (Wildman–Crippen LogP) is 3.24. The topological polar surface area (TPSA) is 102 Å². The minimum atomic E-state index is -3.86. The number of hydrogen-bond acceptors (Lipinski definition) is 4. The number of carbonyl (C=O) groups excluding carboxylic acids is 1. The van der Waals surface area contributed by atoms with Crippen molar-refractivity contribution in [3.63, 3.8) is 0 Å². The second kappa shape index (κ2) is 7.69. The summed E-state index contributed by atoms with van der Waals surface area (Å²) in [6, 6.07) is 12.6. The number of nitrogens with two attached hydrogens (primary N) is 1. The highest BCUT2D eigenvalue weighted by Crippen LogP contribution is 2.24. The molecule has 0 atom stereocenters. The molecule has 3 N–H and O–H groups in total. The second-order valence-corrected chi connectivity index (χ2v) is 8.29. The molecule has 146 valence electrons. The zero-order valence-corrected chi connectivity index (χ0v) is 16.9. The molecule has 7 heteroatoms. The number of aromatic nitrogens is 1. The maximum absolute atomic E-state index is 12.6. The van der Waals surface area contributed by atoms with E-state index in [-0.39, 0.29) is 17.2 Å². The van der Waals surface area contributed by atoms with E-state index >= 15 is 0 Å². The Hall–Kier alpha value is -2.77. The lowest BCUT2D eigenvalue weighted by atomic mass is 9.99. The zero-order chi connectivity index (χ0) is 20.5. The van der Waals surface area contributed by atoms with Crippen molar-refractivity contribution in [1.29, 1.82) is 0 Å². The number of anilines is 1. The molecule has 3 aromatic rings. The first-order chi connectivity index (χ1) is 13.2. The summed E-state index contributed by atoms with van der Waals surface area (Å²) >= 11 is 0. The van der Waals surface area contributed by atoms with Gasteiger partial charge in [0.15, 0.2) is 0 Å². The van der Waals surface area contributed by atoms with E-state index in [1.54, 1.807) is 12.1 Å². The van der Waals surface area contributed by atoms with Crippen LogP contribution >= 0.6 is 0 Å². The molecule has 0 fully saturated rings. The van der Waals surface area contributed by atoms with E-state index in [9.17, 15) is 13.2 Å². The van der Waals surface area contributed by atoms with Crippen LogP contribution in [0.1, 0.15) is 29.3 Å². The van der Waals surface area contributed by atoms with Crippen molar-refractivity contribution in [2.75, 3.05) is 5.32 Å². The number of aryl methyl sites for hydroxylation is 3. The maximum Gasteiger partial charge on any atom is 0.238 e. The second-order valence-electron chi connectivity index (χ2n) is 6.76. The van der Waals surface area contributed by atoms with Crippen molar-refractivity contribution in [2.45, 2.75) is 38.5 Å². The van der Waals surface area contributed by atoms with Gasteiger partial charge in [0.2, 0.25) is 15.9 Å². The molecule has 28 heavy (non-hydrogen) atoms. The van der Waals surface area contributed by atoms with Crippen LogP contribution in [0.15, 0.2) is 47.4 Å². The van der Waals surface area contributed by atoms with Gasteiger partial charge < -0.3 is 5.32 Å². The molecule has 1 amide bonds. The minimum absolute atomic E-state index is 0.0348. The molecule has 2 aromatic carbocycles. The highest BCUT2D eigenvalue weighted by Gasteiger charge is 2.16. The van der Waals surface area contributed by atoms with Gasteiger partial charge in [-0.3, -0.25) is 9.78 Å². The van der Waals surface area contributed by atoms with Gasteiger partial charge in [0.25, 0.3) is 0 Å². The summed E-state index contributed by atoms with van der Waals surface area (Å²) in [6.07, 6.45) is 0.677. The number of carbonyl (C=O) groups is 1. The van der Waals surface area contributed by atoms with Gasteiger partial charge >= 0.3 is 0 Å². The summed E-state index contributed by atoms with van der Waals surface area (Å²) in [7, 11) is -3.86. The SMILES string of the molecule is CCc1ccc(NC(=O)Cc2c(C)nc3ccccc3c2C)cc1S(N)(=O)=O. The van der Waals surface area contributed by atoms with E-state index in [1.165, 1.54) is 6.07 Å². The average Bonchev–Trinajstić information content (AvgIpc) is 2.64. The molecule has 0 radical (unpaired) electrons. The van der Waals surface area contributed by atoms with Crippen LogP contribution in [0.3, 0.4) is 0 Å². The molecule has 0 aliphatic carbocycles. The number of sulfonamides is 1. The standard InChI is InChI=1S/C21H23N3O3S/c1-4-15-9-10-16(11-20(15)28(22,26)27)24-21(25)12-18-13(2)17-7-5-6-8-19(17)23-14(18)3/h5-11H,4,12H2,1-3H3,(H,24,25)(H2,22,26,27). The number of nitrogens with zero attached hydrogens (tertiary/aromatic N) is 1. The van der Waals surface area contributed by atoms with E-state index in [1.807, 2.05) is 45.0 Å². The van der Waals surface area contributed by atoms with Crippen molar-refractivity contribution >= 4 is 32.5 Å². The summed E-state index contributed by atoms with van der Waals surface area (Å²) in [4.78, 5) is 17.2. The van der Waals surface area contributed by atoms with Crippen molar-refractivity contribution < 1.29 is 13.2 Å². The number of pyridine rings is 1. The fourth-order valence-electron chi connectivity index (χ4n) is 3.39. The van der Waals surface area contributed by atoms with E-state index in [0.717, 1.165) is 27.7 Å². The molecule has 0 aliphatic heterocycles. The third-order valence-corrected chi connectivity index (χ3v) is 5.85. The van der Waals surface area contributed by atoms with Crippen molar-refractivity contribution in [3.8, 4) is 0 Å². The van der Waals surface area contributed by atoms with Crippen LogP contribution in [0.4, 0.5) is 5.69 Å². The summed E-state index contributed by atoms with van der Waals surface area (Å²) < 4.78 is 23.6. The van der Waals surface area contributed by atoms with Crippen molar-refractivity contribution in [1.82, 2.24) is 4.98 Å². The van der Waals surface area contributed by atoms with E-state index in [4.69, 9.17) is 5.14 Å². The molecular formula is C21H23N3O3S. The van der Waals surface area contributed by atoms with Gasteiger partial charge in [0, 0.05) is 16.8 Å². The zero-order valence-electron chi connectivity index (χ0n) is 16.1. The molecule has 0 aliphatic rings. The normalized spacial score (nSPS) is 11.6. The lowest BCUT2D eigenvalue weighted by molar-refractivity contribution is -0.115. The summed E-state index contributed by atoms with van der Waals surface area (Å²) in [5, 5.41) is 9.08. The highest BCUT2D eigenvalue weighted by atomic mass is 32.2. The van der Waals surface area contributed by atoms with Crippen LogP contribution < -0.4 is 10.5 Å². The van der Waals surface area contributed by atoms with Crippen LogP contribution in [0, 0.1) is 13.8 Å². The number of para-hydroxylation sites is 1. The third kappa shape index (κ3) is 4.05. The maximum atomic E-state index is 12.6. The Balaban J connectivity index is 1.88. The molecule has 1 aromatic heterocycles. The number of benzene rings is 2. The fraction of sp³-hybridized carbons (Fsp3) is 0.238. The quantitative estimate of drug-likeness (QED) is 0.690. The number of primary sulfonamides is 1. The minimum Gasteiger partial charge on any atom is -0.326 e. The number of amides is 1. The van der Waals surface area contributed by atoms with Crippen LogP contribution in [0.2, 0.25) is 0 Å². The predicted molar refractivity (Wildman–Crippen MR) is 111 cm³/mol. The van der Waals surface area contributed by atoms with Gasteiger partial charge in [-0.25, -0.2) is 13.6 Å². The lowest BCUT2D eigenvalue weighted by Gasteiger charge is -2.13. The molecule has 0 spiro atoms. The van der Waals surface area contributed by atoms with Crippen LogP contribution in [-0.2, 0) is 27.7 Å². The molecule has 0 bridgehead atoms. The molecule has 0 saturated carbocycles. The van der Waals surface area contributed by atoms with E-state index in [0.29, 0.717) is 17.7 Å². The average molecular weight is 398 g/mol. The van der Waals surface area contributed by atoms with E-state index in [2.05, 4.69) is 10.3 Å². The molecule has 3 rings (SSSR count). The number of nitrogens with one attached hydrogen (secondary N) is 1. The monoisotopic (exact) mass is 397 g/mol. The van der Waals surface area contributed by atoms with Gasteiger partial charge in [-0.05, 0) is 55.2 Å². The van der Waals surface area contributed by atoms with Crippen LogP contribution in [-0.4, -0.2) is 19.3 Å². The van der Waals surface area contributed by atoms with Crippen molar-refractivity contribution in [3.05, 3.63) is 64.8 Å². The van der Waals surface area contributed by atoms with Crippen LogP contribution in [0.25, 0.3) is 10.9 Å². The Morgan fingerprint density at radius 3 is 2.54 bits per heavy atom. The molecular weight excluding hydrogens is 374 g/mol. The number of rotatable bonds is 5. The summed E-state index contributed by atoms with van der Waals surface area (Å²) in [5.41, 5.74) is 4.60. The molecule has 6 nitrogen and oxygen atoms in total. The largest absolute Gasteiger partial charge is 0.326 e. The Bertz CT molecular complexity index is 1170. The summed E-state index contributed by atoms with van der Waals surface area (Å²) in [5.74, 6) is -0.243. The first-order valence-electron chi connectivity index (χ1n) is 9.01. The Labute approximate surface area is 164 Å². The number of hydrogen-bond donors (Lipinski definition) is 2. The van der Waals surface area contributed by atoms with Gasteiger partial charge in [0.1, 0.15) is 0 Å². The van der Waals surface area contributed by atoms with Crippen LogP contribution in [0.5, 0.6) is 0 Å². The Kier molecular flexibility index (Phi) is 5.49. The number of fused-ring (bicyclic) bond motifs is 1. The van der Waals surface area contributed by atoms with Gasteiger partial charge in [-0.2, -0.15) is 0 Å². The lowest BCUT2D eigenvalue weighted by Crippen LogP contribution is -2.18. The van der Waals surface area contributed by atoms with Crippen molar-refractivity contribution in [2.24, 2.45) is 5.14 Å². The summed E-state index contributed by atoms with van der Waals surface area (Å²) in [6.45, 7) is 5.71. The first-order valence-corrected chi connectivity index (χ1v) is 10.6. The fourth-order valence-corrected chi connectivity index (χ4v) is 4.25. The molecule has 1 heterocycles. The smallest absolute Gasteiger partial charge is 0.238 e. The Morgan fingerprint density at radius 1 is 1.14 bits per heavy atom. The van der Waals surface area contributed by atoms with Gasteiger partial charge in [-0.1, -0.05) is 31.2 Å². The first kappa shape index (κ1) is 20.0. The van der Waals surface area contributed by atoms with Gasteiger partial charge in [0.05, 0.1) is 16.8 Å². The third-order valence-electron chi connectivity index (χ3n) is 4.86. The van der Waals surface area contributed by atoms with Gasteiger partial charge in [-0.15, -0.1) is 0 Å². The molecule has 0 saturated heterocycles. The Morgan fingerprint density at radius 2 is 1.86 bits per heavy atom. The molecule has 0 unspecified atom stereocenters. The highest BCUT2D eigenvalue weighted by molar-refractivity contribution is 7.89.